The topological polar surface area (TPSA) is 94.5 Å². The summed E-state index contributed by atoms with van der Waals surface area (Å²) in [6.45, 7) is 0.517. The van der Waals surface area contributed by atoms with Crippen LogP contribution in [0.1, 0.15) is 15.9 Å². The number of amides is 2. The molecule has 0 aliphatic heterocycles. The molecule has 29 heavy (non-hydrogen) atoms. The Balaban J connectivity index is 1.66. The second-order valence-electron chi connectivity index (χ2n) is 6.01. The second-order valence-corrected chi connectivity index (χ2v) is 6.01. The molecule has 0 saturated heterocycles. The third kappa shape index (κ3) is 5.10. The van der Waals surface area contributed by atoms with Gasteiger partial charge in [-0.3, -0.25) is 14.8 Å². The molecule has 0 radical (unpaired) electrons. The minimum Gasteiger partial charge on any atom is -0.497 e. The van der Waals surface area contributed by atoms with E-state index in [0.29, 0.717) is 12.4 Å². The molecule has 0 fully saturated rings. The van der Waals surface area contributed by atoms with Crippen LogP contribution in [0.3, 0.4) is 0 Å². The average molecular weight is 398 g/mol. The number of rotatable bonds is 6. The van der Waals surface area contributed by atoms with E-state index in [0.717, 1.165) is 24.5 Å². The van der Waals surface area contributed by atoms with Crippen LogP contribution < -0.4 is 15.4 Å². The highest BCUT2D eigenvalue weighted by atomic mass is 19.1. The number of hydrogen-bond donors (Lipinski definition) is 2. The number of anilines is 2. The molecule has 0 atom stereocenters. The second kappa shape index (κ2) is 8.87. The molecule has 8 nitrogen and oxygen atoms in total. The van der Waals surface area contributed by atoms with Crippen LogP contribution in [0.5, 0.6) is 5.75 Å². The average Bonchev–Trinajstić information content (AvgIpc) is 3.16. The Morgan fingerprint density at radius 2 is 1.83 bits per heavy atom. The Morgan fingerprint density at radius 1 is 1.07 bits per heavy atom. The van der Waals surface area contributed by atoms with Crippen molar-refractivity contribution in [2.24, 2.45) is 0 Å². The lowest BCUT2D eigenvalue weighted by Crippen LogP contribution is -2.16. The number of benzene rings is 2. The molecule has 1 heterocycles. The largest absolute Gasteiger partial charge is 0.497 e. The van der Waals surface area contributed by atoms with Gasteiger partial charge in [0, 0.05) is 17.8 Å². The number of carbonyl (C=O) groups is 2. The van der Waals surface area contributed by atoms with Crippen LogP contribution in [0.15, 0.2) is 54.7 Å². The molecule has 0 aliphatic rings. The number of methoxy groups -OCH3 is 2. The fourth-order valence-corrected chi connectivity index (χ4v) is 2.55. The molecule has 0 saturated carbocycles. The number of hydrogen-bond acceptors (Lipinski definition) is 5. The predicted octanol–water partition coefficient (Wildman–Crippen LogP) is 3.51. The van der Waals surface area contributed by atoms with Gasteiger partial charge in [0.05, 0.1) is 26.5 Å². The predicted molar refractivity (Wildman–Crippen MR) is 105 cm³/mol. The van der Waals surface area contributed by atoms with E-state index in [-0.39, 0.29) is 11.3 Å². The number of ether oxygens (including phenoxy) is 2. The minimum absolute atomic E-state index is 0.155. The van der Waals surface area contributed by atoms with Gasteiger partial charge < -0.3 is 14.8 Å². The highest BCUT2D eigenvalue weighted by Crippen LogP contribution is 2.18. The zero-order valence-electron chi connectivity index (χ0n) is 15.8. The van der Waals surface area contributed by atoms with Crippen molar-refractivity contribution in [2.45, 2.75) is 6.54 Å². The van der Waals surface area contributed by atoms with Crippen molar-refractivity contribution in [3.63, 3.8) is 0 Å². The molecule has 9 heteroatoms. The fraction of sp³-hybridized carbons (Fsp3) is 0.150. The molecule has 2 N–H and O–H groups in total. The van der Waals surface area contributed by atoms with E-state index < -0.39 is 17.8 Å². The Kier molecular flexibility index (Phi) is 6.08. The smallest absolute Gasteiger partial charge is 0.411 e. The van der Waals surface area contributed by atoms with Crippen molar-refractivity contribution in [1.29, 1.82) is 0 Å². The highest BCUT2D eigenvalue weighted by Gasteiger charge is 2.13. The molecule has 150 valence electrons. The zero-order valence-corrected chi connectivity index (χ0v) is 15.8. The van der Waals surface area contributed by atoms with E-state index >= 15 is 0 Å². The number of halogens is 1. The van der Waals surface area contributed by atoms with Crippen LogP contribution in [-0.2, 0) is 11.3 Å². The van der Waals surface area contributed by atoms with E-state index in [9.17, 15) is 14.0 Å². The van der Waals surface area contributed by atoms with Gasteiger partial charge in [-0.25, -0.2) is 9.18 Å². The quantitative estimate of drug-likeness (QED) is 0.663. The van der Waals surface area contributed by atoms with Gasteiger partial charge in [0.1, 0.15) is 11.6 Å². The third-order valence-electron chi connectivity index (χ3n) is 4.04. The van der Waals surface area contributed by atoms with Crippen LogP contribution in [0.2, 0.25) is 0 Å². The summed E-state index contributed by atoms with van der Waals surface area (Å²) < 4.78 is 25.0. The molecular weight excluding hydrogens is 379 g/mol. The first kappa shape index (κ1) is 19.9. The summed E-state index contributed by atoms with van der Waals surface area (Å²) in [5, 5.41) is 9.16. The molecule has 3 rings (SSSR count). The van der Waals surface area contributed by atoms with E-state index in [1.165, 1.54) is 12.1 Å². The number of aromatic nitrogens is 2. The van der Waals surface area contributed by atoms with Crippen molar-refractivity contribution in [1.82, 2.24) is 9.78 Å². The van der Waals surface area contributed by atoms with Crippen LogP contribution in [0.25, 0.3) is 0 Å². The van der Waals surface area contributed by atoms with E-state index in [4.69, 9.17) is 4.74 Å². The molecule has 0 spiro atoms. The Hall–Kier alpha value is -3.88. The molecule has 0 unspecified atom stereocenters. The van der Waals surface area contributed by atoms with Gasteiger partial charge in [0.15, 0.2) is 5.82 Å². The van der Waals surface area contributed by atoms with Crippen LogP contribution >= 0.6 is 0 Å². The first-order chi connectivity index (χ1) is 14.0. The highest BCUT2D eigenvalue weighted by molar-refractivity contribution is 6.04. The van der Waals surface area contributed by atoms with Gasteiger partial charge in [-0.05, 0) is 35.9 Å². The maximum atomic E-state index is 13.8. The number of carbonyl (C=O) groups excluding carboxylic acids is 2. The molecule has 3 aromatic rings. The standard InChI is InChI=1S/C20H19FN4O4/c1-28-15-6-3-13(4-7-15)12-25-10-9-18(24-25)23-19(26)14-5-8-16(21)17(11-14)22-20(27)29-2/h3-11H,12H2,1-2H3,(H,22,27)(H,23,24,26). The lowest BCUT2D eigenvalue weighted by molar-refractivity contribution is 0.102. The summed E-state index contributed by atoms with van der Waals surface area (Å²) in [7, 11) is 2.76. The van der Waals surface area contributed by atoms with Gasteiger partial charge in [0.2, 0.25) is 0 Å². The lowest BCUT2D eigenvalue weighted by atomic mass is 10.2. The summed E-state index contributed by atoms with van der Waals surface area (Å²) in [4.78, 5) is 23.7. The van der Waals surface area contributed by atoms with Gasteiger partial charge in [0.25, 0.3) is 5.91 Å². The van der Waals surface area contributed by atoms with Crippen molar-refractivity contribution < 1.29 is 23.5 Å². The summed E-state index contributed by atoms with van der Waals surface area (Å²) in [6.07, 6.45) is 0.896. The summed E-state index contributed by atoms with van der Waals surface area (Å²) in [5.74, 6) is -0.0684. The number of nitrogens with one attached hydrogen (secondary N) is 2. The van der Waals surface area contributed by atoms with Crippen molar-refractivity contribution in [3.05, 3.63) is 71.7 Å². The van der Waals surface area contributed by atoms with Gasteiger partial charge in [-0.1, -0.05) is 12.1 Å². The fourth-order valence-electron chi connectivity index (χ4n) is 2.55. The molecule has 2 amide bonds. The molecule has 0 aliphatic carbocycles. The maximum absolute atomic E-state index is 13.8. The zero-order chi connectivity index (χ0) is 20.8. The minimum atomic E-state index is -0.835. The van der Waals surface area contributed by atoms with Crippen LogP contribution in [0, 0.1) is 5.82 Å². The SMILES string of the molecule is COC(=O)Nc1cc(C(=O)Nc2ccn(Cc3ccc(OC)cc3)n2)ccc1F. The first-order valence-corrected chi connectivity index (χ1v) is 8.60. The molecule has 1 aromatic heterocycles. The van der Waals surface area contributed by atoms with Crippen LogP contribution in [-0.4, -0.2) is 36.0 Å². The van der Waals surface area contributed by atoms with Gasteiger partial charge >= 0.3 is 6.09 Å². The Labute approximate surface area is 166 Å². The number of nitrogens with zero attached hydrogens (tertiary/aromatic N) is 2. The molecular formula is C20H19FN4O4. The van der Waals surface area contributed by atoms with E-state index in [1.54, 1.807) is 24.1 Å². The monoisotopic (exact) mass is 398 g/mol. The van der Waals surface area contributed by atoms with E-state index in [1.807, 2.05) is 24.3 Å². The maximum Gasteiger partial charge on any atom is 0.411 e. The van der Waals surface area contributed by atoms with Crippen LogP contribution in [0.4, 0.5) is 20.7 Å². The Morgan fingerprint density at radius 3 is 2.52 bits per heavy atom. The van der Waals surface area contributed by atoms with Crippen molar-refractivity contribution >= 4 is 23.5 Å². The van der Waals surface area contributed by atoms with Gasteiger partial charge in [-0.2, -0.15) is 5.10 Å². The summed E-state index contributed by atoms with van der Waals surface area (Å²) in [5.41, 5.74) is 1.01. The molecule has 2 aromatic carbocycles. The van der Waals surface area contributed by atoms with Crippen molar-refractivity contribution in [2.75, 3.05) is 24.9 Å². The summed E-state index contributed by atoms with van der Waals surface area (Å²) >= 11 is 0. The van der Waals surface area contributed by atoms with E-state index in [2.05, 4.69) is 20.5 Å². The lowest BCUT2D eigenvalue weighted by Gasteiger charge is -2.08. The summed E-state index contributed by atoms with van der Waals surface area (Å²) in [6, 6.07) is 12.8. The van der Waals surface area contributed by atoms with Gasteiger partial charge in [-0.15, -0.1) is 0 Å². The Bertz CT molecular complexity index is 1020. The van der Waals surface area contributed by atoms with Crippen molar-refractivity contribution in [3.8, 4) is 5.75 Å². The third-order valence-corrected chi connectivity index (χ3v) is 4.04. The molecule has 0 bridgehead atoms. The normalized spacial score (nSPS) is 10.3. The first-order valence-electron chi connectivity index (χ1n) is 8.60.